The summed E-state index contributed by atoms with van der Waals surface area (Å²) in [6, 6.07) is 0. The third kappa shape index (κ3) is 10.6. The van der Waals surface area contributed by atoms with Gasteiger partial charge in [-0.05, 0) is 32.1 Å². The summed E-state index contributed by atoms with van der Waals surface area (Å²) in [5.41, 5.74) is 0. The Morgan fingerprint density at radius 3 is 1.90 bits per heavy atom. The lowest BCUT2D eigenvalue weighted by Crippen LogP contribution is -2.19. The smallest absolute Gasteiger partial charge is 0.434 e. The van der Waals surface area contributed by atoms with Crippen LogP contribution in [0.25, 0.3) is 0 Å². The Labute approximate surface area is 130 Å². The molecule has 1 saturated carbocycles. The maximum Gasteiger partial charge on any atom is 0.508 e. The molecule has 0 heterocycles. The van der Waals surface area contributed by atoms with Crippen molar-refractivity contribution in [2.75, 3.05) is 6.61 Å². The van der Waals surface area contributed by atoms with Gasteiger partial charge in [0.25, 0.3) is 0 Å². The summed E-state index contributed by atoms with van der Waals surface area (Å²) in [6.07, 6.45) is 16.5. The van der Waals surface area contributed by atoms with Gasteiger partial charge in [-0.15, -0.1) is 0 Å². The van der Waals surface area contributed by atoms with E-state index in [1.54, 1.807) is 0 Å². The van der Waals surface area contributed by atoms with Crippen LogP contribution in [-0.4, -0.2) is 18.9 Å². The Morgan fingerprint density at radius 1 is 0.857 bits per heavy atom. The van der Waals surface area contributed by atoms with E-state index in [-0.39, 0.29) is 6.10 Å². The zero-order chi connectivity index (χ0) is 15.2. The molecule has 0 aromatic heterocycles. The molecule has 0 radical (unpaired) electrons. The van der Waals surface area contributed by atoms with Crippen LogP contribution in [0.5, 0.6) is 0 Å². The lowest BCUT2D eigenvalue weighted by atomic mass is 9.99. The van der Waals surface area contributed by atoms with Crippen LogP contribution >= 0.6 is 0 Å². The molecule has 0 spiro atoms. The quantitative estimate of drug-likeness (QED) is 0.461. The first-order chi connectivity index (χ1) is 10.3. The van der Waals surface area contributed by atoms with Crippen molar-refractivity contribution in [3.63, 3.8) is 0 Å². The van der Waals surface area contributed by atoms with Crippen LogP contribution in [0.1, 0.15) is 96.8 Å². The highest BCUT2D eigenvalue weighted by atomic mass is 16.7. The summed E-state index contributed by atoms with van der Waals surface area (Å²) in [5, 5.41) is 0. The molecule has 1 aliphatic carbocycles. The van der Waals surface area contributed by atoms with E-state index in [2.05, 4.69) is 6.92 Å². The third-order valence-corrected chi connectivity index (χ3v) is 4.28. The Bertz CT molecular complexity index is 241. The van der Waals surface area contributed by atoms with E-state index in [1.807, 2.05) is 0 Å². The lowest BCUT2D eigenvalue weighted by Gasteiger charge is -2.18. The van der Waals surface area contributed by atoms with E-state index in [4.69, 9.17) is 9.47 Å². The highest BCUT2D eigenvalue weighted by Crippen LogP contribution is 2.19. The van der Waals surface area contributed by atoms with Crippen molar-refractivity contribution in [1.82, 2.24) is 0 Å². The molecule has 1 aliphatic rings. The van der Waals surface area contributed by atoms with Crippen molar-refractivity contribution in [2.45, 2.75) is 103 Å². The van der Waals surface area contributed by atoms with Gasteiger partial charge in [-0.2, -0.15) is 0 Å². The molecule has 0 amide bonds. The van der Waals surface area contributed by atoms with Gasteiger partial charge in [-0.3, -0.25) is 0 Å². The minimum atomic E-state index is -0.455. The summed E-state index contributed by atoms with van der Waals surface area (Å²) >= 11 is 0. The van der Waals surface area contributed by atoms with Gasteiger partial charge in [-0.1, -0.05) is 64.7 Å². The summed E-state index contributed by atoms with van der Waals surface area (Å²) < 4.78 is 10.7. The number of carbonyl (C=O) groups excluding carboxylic acids is 1. The predicted octanol–water partition coefficient (Wildman–Crippen LogP) is 6.00. The monoisotopic (exact) mass is 298 g/mol. The van der Waals surface area contributed by atoms with Crippen LogP contribution in [0.3, 0.4) is 0 Å². The molecule has 0 aromatic carbocycles. The topological polar surface area (TPSA) is 35.5 Å². The SMILES string of the molecule is CCCCCOC(=O)OC1CCCCCCCCCCC1. The van der Waals surface area contributed by atoms with Gasteiger partial charge in [0.15, 0.2) is 0 Å². The highest BCUT2D eigenvalue weighted by Gasteiger charge is 2.15. The molecule has 0 bridgehead atoms. The van der Waals surface area contributed by atoms with E-state index in [1.165, 1.54) is 57.8 Å². The van der Waals surface area contributed by atoms with Gasteiger partial charge in [0, 0.05) is 0 Å². The van der Waals surface area contributed by atoms with Crippen molar-refractivity contribution in [3.05, 3.63) is 0 Å². The van der Waals surface area contributed by atoms with Gasteiger partial charge in [0.05, 0.1) is 6.61 Å². The first-order valence-corrected chi connectivity index (χ1v) is 9.16. The zero-order valence-electron chi connectivity index (χ0n) is 13.9. The number of hydrogen-bond donors (Lipinski definition) is 0. The zero-order valence-corrected chi connectivity index (χ0v) is 13.9. The molecule has 124 valence electrons. The molecule has 3 heteroatoms. The maximum atomic E-state index is 11.7. The molecule has 0 saturated heterocycles. The average molecular weight is 298 g/mol. The summed E-state index contributed by atoms with van der Waals surface area (Å²) in [7, 11) is 0. The van der Waals surface area contributed by atoms with Gasteiger partial charge in [0.1, 0.15) is 6.10 Å². The van der Waals surface area contributed by atoms with Crippen LogP contribution < -0.4 is 0 Å². The minimum absolute atomic E-state index is 0.0723. The first-order valence-electron chi connectivity index (χ1n) is 9.16. The average Bonchev–Trinajstić information content (AvgIpc) is 2.46. The van der Waals surface area contributed by atoms with E-state index in [0.717, 1.165) is 32.1 Å². The van der Waals surface area contributed by atoms with E-state index < -0.39 is 6.16 Å². The molecule has 0 aromatic rings. The fraction of sp³-hybridized carbons (Fsp3) is 0.944. The molecule has 1 fully saturated rings. The molecule has 0 unspecified atom stereocenters. The number of unbranched alkanes of at least 4 members (excludes halogenated alkanes) is 2. The molecule has 0 atom stereocenters. The Balaban J connectivity index is 2.22. The summed E-state index contributed by atoms with van der Waals surface area (Å²) in [5.74, 6) is 0. The molecule has 1 rings (SSSR count). The number of ether oxygens (including phenoxy) is 2. The molecule has 0 aliphatic heterocycles. The molecule has 0 N–H and O–H groups in total. The van der Waals surface area contributed by atoms with Crippen LogP contribution in [-0.2, 0) is 9.47 Å². The van der Waals surface area contributed by atoms with Crippen LogP contribution in [0.2, 0.25) is 0 Å². The predicted molar refractivity (Wildman–Crippen MR) is 86.5 cm³/mol. The second kappa shape index (κ2) is 13.0. The van der Waals surface area contributed by atoms with Crippen molar-refractivity contribution in [1.29, 1.82) is 0 Å². The van der Waals surface area contributed by atoms with E-state index in [0.29, 0.717) is 6.61 Å². The second-order valence-corrected chi connectivity index (χ2v) is 6.30. The minimum Gasteiger partial charge on any atom is -0.434 e. The lowest BCUT2D eigenvalue weighted by molar-refractivity contribution is 0.0154. The van der Waals surface area contributed by atoms with Crippen molar-refractivity contribution < 1.29 is 14.3 Å². The number of carbonyl (C=O) groups is 1. The highest BCUT2D eigenvalue weighted by molar-refractivity contribution is 5.60. The normalized spacial score (nSPS) is 19.3. The fourth-order valence-corrected chi connectivity index (χ4v) is 2.92. The third-order valence-electron chi connectivity index (χ3n) is 4.28. The van der Waals surface area contributed by atoms with E-state index >= 15 is 0 Å². The first kappa shape index (κ1) is 18.3. The maximum absolute atomic E-state index is 11.7. The number of rotatable bonds is 5. The van der Waals surface area contributed by atoms with Crippen LogP contribution in [0.15, 0.2) is 0 Å². The van der Waals surface area contributed by atoms with Crippen molar-refractivity contribution >= 4 is 6.16 Å². The van der Waals surface area contributed by atoms with Gasteiger partial charge < -0.3 is 9.47 Å². The Kier molecular flexibility index (Phi) is 11.3. The Hall–Kier alpha value is -0.730. The largest absolute Gasteiger partial charge is 0.508 e. The standard InChI is InChI=1S/C18H34O3/c1-2-3-13-16-20-18(19)21-17-14-11-9-7-5-4-6-8-10-12-15-17/h17H,2-16H2,1H3. The van der Waals surface area contributed by atoms with Crippen molar-refractivity contribution in [2.24, 2.45) is 0 Å². The van der Waals surface area contributed by atoms with Crippen LogP contribution in [0.4, 0.5) is 4.79 Å². The Morgan fingerprint density at radius 2 is 1.38 bits per heavy atom. The summed E-state index contributed by atoms with van der Waals surface area (Å²) in [6.45, 7) is 2.64. The van der Waals surface area contributed by atoms with Crippen molar-refractivity contribution in [3.8, 4) is 0 Å². The van der Waals surface area contributed by atoms with Gasteiger partial charge in [0.2, 0.25) is 0 Å². The van der Waals surface area contributed by atoms with Gasteiger partial charge in [-0.25, -0.2) is 4.79 Å². The molecule has 3 nitrogen and oxygen atoms in total. The van der Waals surface area contributed by atoms with Gasteiger partial charge >= 0.3 is 6.16 Å². The molecular formula is C18H34O3. The summed E-state index contributed by atoms with van der Waals surface area (Å²) in [4.78, 5) is 11.7. The number of hydrogen-bond acceptors (Lipinski definition) is 3. The molecule has 21 heavy (non-hydrogen) atoms. The van der Waals surface area contributed by atoms with Crippen LogP contribution in [0, 0.1) is 0 Å². The van der Waals surface area contributed by atoms with E-state index in [9.17, 15) is 4.79 Å². The molecular weight excluding hydrogens is 264 g/mol. The second-order valence-electron chi connectivity index (χ2n) is 6.30. The fourth-order valence-electron chi connectivity index (χ4n) is 2.92.